The number of thioether (sulfide) groups is 1. The summed E-state index contributed by atoms with van der Waals surface area (Å²) in [6, 6.07) is 7.11. The van der Waals surface area contributed by atoms with E-state index < -0.39 is 5.25 Å². The predicted octanol–water partition coefficient (Wildman–Crippen LogP) is 3.38. The first-order valence-electron chi connectivity index (χ1n) is 6.50. The molecule has 0 spiro atoms. The number of anilines is 1. The van der Waals surface area contributed by atoms with Crippen molar-refractivity contribution in [2.75, 3.05) is 5.32 Å². The Balaban J connectivity index is 1.64. The molecular formula is C14H10N4O3S2. The molecule has 9 heteroatoms. The van der Waals surface area contributed by atoms with E-state index in [0.717, 1.165) is 11.8 Å². The average Bonchev–Trinajstić information content (AvgIpc) is 3.28. The number of nitrogens with zero attached hydrogens (tertiary/aromatic N) is 3. The number of hydrogen-bond acceptors (Lipinski definition) is 8. The van der Waals surface area contributed by atoms with Gasteiger partial charge in [0.15, 0.2) is 5.76 Å². The number of aromatic nitrogens is 2. The van der Waals surface area contributed by atoms with Gasteiger partial charge in [-0.15, -0.1) is 21.5 Å². The van der Waals surface area contributed by atoms with Crippen LogP contribution in [0.15, 0.2) is 43.9 Å². The number of thiophene rings is 1. The highest BCUT2D eigenvalue weighted by Gasteiger charge is 2.20. The van der Waals surface area contributed by atoms with Crippen LogP contribution in [0.2, 0.25) is 0 Å². The van der Waals surface area contributed by atoms with Gasteiger partial charge < -0.3 is 14.2 Å². The molecule has 116 valence electrons. The normalized spacial score (nSPS) is 11.8. The topological polar surface area (TPSA) is 105 Å². The summed E-state index contributed by atoms with van der Waals surface area (Å²) in [5, 5.41) is 21.5. The standard InChI is InChI=1S/C14H10N4O3S2/c1-8(11(19)16-13-9(7-15)4-6-22-13)23-14-18-17-12(21-14)10-3-2-5-20-10/h2-6,8H,1H3,(H,16,19). The van der Waals surface area contributed by atoms with Crippen LogP contribution in [0.25, 0.3) is 11.7 Å². The number of rotatable bonds is 5. The number of nitrogens with one attached hydrogen (secondary N) is 1. The number of nitriles is 1. The number of furan rings is 1. The van der Waals surface area contributed by atoms with Gasteiger partial charge in [0, 0.05) is 0 Å². The van der Waals surface area contributed by atoms with Gasteiger partial charge in [-0.05, 0) is 30.5 Å². The van der Waals surface area contributed by atoms with Gasteiger partial charge in [-0.25, -0.2) is 0 Å². The fourth-order valence-electron chi connectivity index (χ4n) is 1.67. The van der Waals surface area contributed by atoms with E-state index in [1.54, 1.807) is 30.5 Å². The molecule has 0 aromatic carbocycles. The Labute approximate surface area is 139 Å². The Kier molecular flexibility index (Phi) is 4.45. The molecule has 3 aromatic rings. The van der Waals surface area contributed by atoms with Crippen LogP contribution in [0.4, 0.5) is 5.00 Å². The highest BCUT2D eigenvalue weighted by atomic mass is 32.2. The average molecular weight is 346 g/mol. The summed E-state index contributed by atoms with van der Waals surface area (Å²) in [5.41, 5.74) is 0.443. The molecule has 3 heterocycles. The second kappa shape index (κ2) is 6.68. The quantitative estimate of drug-likeness (QED) is 0.706. The molecule has 0 saturated heterocycles. The molecule has 0 bridgehead atoms. The van der Waals surface area contributed by atoms with Gasteiger partial charge in [-0.2, -0.15) is 5.26 Å². The van der Waals surface area contributed by atoms with E-state index in [1.165, 1.54) is 17.6 Å². The smallest absolute Gasteiger partial charge is 0.284 e. The lowest BCUT2D eigenvalue weighted by atomic mass is 10.3. The van der Waals surface area contributed by atoms with Crippen molar-refractivity contribution in [3.8, 4) is 17.7 Å². The summed E-state index contributed by atoms with van der Waals surface area (Å²) in [5.74, 6) is 0.487. The maximum atomic E-state index is 12.2. The van der Waals surface area contributed by atoms with Crippen molar-refractivity contribution in [3.05, 3.63) is 35.4 Å². The van der Waals surface area contributed by atoms with E-state index in [0.29, 0.717) is 16.3 Å². The Morgan fingerprint density at radius 1 is 1.48 bits per heavy atom. The van der Waals surface area contributed by atoms with Gasteiger partial charge >= 0.3 is 0 Å². The van der Waals surface area contributed by atoms with Crippen molar-refractivity contribution < 1.29 is 13.6 Å². The molecule has 0 saturated carbocycles. The molecule has 3 rings (SSSR count). The second-order valence-corrected chi connectivity index (χ2v) is 6.58. The van der Waals surface area contributed by atoms with Crippen molar-refractivity contribution in [2.24, 2.45) is 0 Å². The third-order valence-electron chi connectivity index (χ3n) is 2.81. The maximum absolute atomic E-state index is 12.2. The summed E-state index contributed by atoms with van der Waals surface area (Å²) >= 11 is 2.43. The van der Waals surface area contributed by atoms with Crippen molar-refractivity contribution in [2.45, 2.75) is 17.4 Å². The first-order valence-corrected chi connectivity index (χ1v) is 8.26. The van der Waals surface area contributed by atoms with Crippen LogP contribution in [0, 0.1) is 11.3 Å². The van der Waals surface area contributed by atoms with Crippen LogP contribution < -0.4 is 5.32 Å². The largest absolute Gasteiger partial charge is 0.459 e. The minimum Gasteiger partial charge on any atom is -0.459 e. The monoisotopic (exact) mass is 346 g/mol. The van der Waals surface area contributed by atoms with E-state index in [2.05, 4.69) is 15.5 Å². The molecule has 1 atom stereocenters. The van der Waals surface area contributed by atoms with Crippen molar-refractivity contribution in [1.82, 2.24) is 10.2 Å². The molecule has 1 N–H and O–H groups in total. The third kappa shape index (κ3) is 3.44. The molecule has 0 fully saturated rings. The summed E-state index contributed by atoms with van der Waals surface area (Å²) in [6.07, 6.45) is 1.51. The number of hydrogen-bond donors (Lipinski definition) is 1. The molecule has 0 aliphatic heterocycles. The zero-order valence-corrected chi connectivity index (χ0v) is 13.5. The summed E-state index contributed by atoms with van der Waals surface area (Å²) in [4.78, 5) is 12.2. The van der Waals surface area contributed by atoms with Crippen molar-refractivity contribution in [3.63, 3.8) is 0 Å². The number of carbonyl (C=O) groups excluding carboxylic acids is 1. The minimum atomic E-state index is -0.464. The van der Waals surface area contributed by atoms with Crippen LogP contribution in [0.3, 0.4) is 0 Å². The maximum Gasteiger partial charge on any atom is 0.284 e. The fourth-order valence-corrected chi connectivity index (χ4v) is 3.09. The molecule has 1 amide bonds. The number of amides is 1. The van der Waals surface area contributed by atoms with Crippen LogP contribution in [-0.2, 0) is 4.79 Å². The van der Waals surface area contributed by atoms with Crippen molar-refractivity contribution in [1.29, 1.82) is 5.26 Å². The van der Waals surface area contributed by atoms with Gasteiger partial charge in [-0.3, -0.25) is 4.79 Å². The molecule has 0 aliphatic carbocycles. The summed E-state index contributed by atoms with van der Waals surface area (Å²) < 4.78 is 10.6. The highest BCUT2D eigenvalue weighted by molar-refractivity contribution is 8.00. The third-order valence-corrected chi connectivity index (χ3v) is 4.57. The van der Waals surface area contributed by atoms with Gasteiger partial charge in [0.05, 0.1) is 17.1 Å². The van der Waals surface area contributed by atoms with Crippen LogP contribution in [0.1, 0.15) is 12.5 Å². The minimum absolute atomic E-state index is 0.244. The molecular weight excluding hydrogens is 336 g/mol. The van der Waals surface area contributed by atoms with E-state index in [4.69, 9.17) is 14.1 Å². The Morgan fingerprint density at radius 2 is 2.35 bits per heavy atom. The van der Waals surface area contributed by atoms with Gasteiger partial charge in [0.1, 0.15) is 11.1 Å². The Bertz CT molecular complexity index is 848. The van der Waals surface area contributed by atoms with E-state index >= 15 is 0 Å². The van der Waals surface area contributed by atoms with Crippen molar-refractivity contribution >= 4 is 34.0 Å². The van der Waals surface area contributed by atoms with E-state index in [1.807, 2.05) is 6.07 Å². The molecule has 3 aromatic heterocycles. The lowest BCUT2D eigenvalue weighted by Gasteiger charge is -2.08. The first-order chi connectivity index (χ1) is 11.2. The molecule has 1 unspecified atom stereocenters. The molecule has 0 radical (unpaired) electrons. The fraction of sp³-hybridized carbons (Fsp3) is 0.143. The predicted molar refractivity (Wildman–Crippen MR) is 85.0 cm³/mol. The molecule has 7 nitrogen and oxygen atoms in total. The summed E-state index contributed by atoms with van der Waals surface area (Å²) in [6.45, 7) is 1.72. The van der Waals surface area contributed by atoms with Crippen LogP contribution in [-0.4, -0.2) is 21.4 Å². The van der Waals surface area contributed by atoms with Gasteiger partial charge in [0.2, 0.25) is 5.91 Å². The van der Waals surface area contributed by atoms with Gasteiger partial charge in [-0.1, -0.05) is 11.8 Å². The first kappa shape index (κ1) is 15.3. The lowest BCUT2D eigenvalue weighted by Crippen LogP contribution is -2.22. The highest BCUT2D eigenvalue weighted by Crippen LogP contribution is 2.28. The van der Waals surface area contributed by atoms with Crippen LogP contribution >= 0.6 is 23.1 Å². The van der Waals surface area contributed by atoms with E-state index in [9.17, 15) is 4.79 Å². The zero-order valence-electron chi connectivity index (χ0n) is 11.8. The molecule has 23 heavy (non-hydrogen) atoms. The van der Waals surface area contributed by atoms with Crippen LogP contribution in [0.5, 0.6) is 0 Å². The lowest BCUT2D eigenvalue weighted by molar-refractivity contribution is -0.115. The van der Waals surface area contributed by atoms with E-state index in [-0.39, 0.29) is 17.0 Å². The number of carbonyl (C=O) groups is 1. The van der Waals surface area contributed by atoms with Gasteiger partial charge in [0.25, 0.3) is 11.1 Å². The zero-order chi connectivity index (χ0) is 16.2. The summed E-state index contributed by atoms with van der Waals surface area (Å²) in [7, 11) is 0. The SMILES string of the molecule is CC(Sc1nnc(-c2ccco2)o1)C(=O)Nc1sccc1C#N. The second-order valence-electron chi connectivity index (χ2n) is 4.37. The Morgan fingerprint density at radius 3 is 3.09 bits per heavy atom. The molecule has 0 aliphatic rings. The Hall–Kier alpha value is -2.57.